The number of hydrogen-bond acceptors (Lipinski definition) is 4. The van der Waals surface area contributed by atoms with Gasteiger partial charge in [0.25, 0.3) is 5.91 Å². The summed E-state index contributed by atoms with van der Waals surface area (Å²) in [7, 11) is 0. The topological polar surface area (TPSA) is 84.1 Å². The quantitative estimate of drug-likeness (QED) is 0.688. The monoisotopic (exact) mass is 415 g/mol. The molecule has 1 aromatic carbocycles. The highest BCUT2D eigenvalue weighted by Gasteiger charge is 2.43. The maximum atomic E-state index is 13.0. The zero-order chi connectivity index (χ0) is 21.4. The van der Waals surface area contributed by atoms with Crippen LogP contribution in [0.3, 0.4) is 0 Å². The number of H-pyrrole nitrogens is 1. The Balaban J connectivity index is 1.81. The molecule has 0 radical (unpaired) electrons. The molecule has 0 saturated carbocycles. The lowest BCUT2D eigenvalue weighted by Crippen LogP contribution is -2.50. The van der Waals surface area contributed by atoms with Crippen LogP contribution in [0.25, 0.3) is 0 Å². The lowest BCUT2D eigenvalue weighted by atomic mass is 9.81. The summed E-state index contributed by atoms with van der Waals surface area (Å²) in [6.07, 6.45) is -1.41. The number of fused-ring (bicyclic) bond motifs is 1. The predicted molar refractivity (Wildman–Crippen MR) is 101 cm³/mol. The fourth-order valence-corrected chi connectivity index (χ4v) is 3.50. The Morgan fingerprint density at radius 2 is 1.90 bits per heavy atom. The number of ether oxygens (including phenoxy) is 1. The normalized spacial score (nSPS) is 18.2. The van der Waals surface area contributed by atoms with E-state index in [0.717, 1.165) is 12.1 Å². The van der Waals surface area contributed by atoms with E-state index in [1.807, 2.05) is 0 Å². The van der Waals surface area contributed by atoms with Crippen molar-refractivity contribution in [3.8, 4) is 5.75 Å². The molecule has 2 N–H and O–H groups in total. The molecular formula is C21H16F3N3O3. The molecule has 154 valence electrons. The molecular weight excluding hydrogens is 399 g/mol. The van der Waals surface area contributed by atoms with Gasteiger partial charge in [-0.15, -0.1) is 0 Å². The van der Waals surface area contributed by atoms with E-state index in [1.54, 1.807) is 12.1 Å². The van der Waals surface area contributed by atoms with Gasteiger partial charge >= 0.3 is 6.18 Å². The molecule has 0 aliphatic carbocycles. The molecule has 1 unspecified atom stereocenters. The van der Waals surface area contributed by atoms with Gasteiger partial charge in [-0.2, -0.15) is 13.2 Å². The number of alkyl halides is 3. The number of halogens is 3. The summed E-state index contributed by atoms with van der Waals surface area (Å²) in [5.41, 5.74) is -1.31. The van der Waals surface area contributed by atoms with Crippen LogP contribution in [0.15, 0.2) is 65.7 Å². The van der Waals surface area contributed by atoms with Gasteiger partial charge in [-0.3, -0.25) is 14.6 Å². The Kier molecular flexibility index (Phi) is 4.81. The van der Waals surface area contributed by atoms with Gasteiger partial charge in [0, 0.05) is 24.9 Å². The van der Waals surface area contributed by atoms with Gasteiger partial charge in [-0.1, -0.05) is 12.1 Å². The average molecular weight is 415 g/mol. The van der Waals surface area contributed by atoms with Crippen molar-refractivity contribution in [1.82, 2.24) is 15.3 Å². The maximum absolute atomic E-state index is 13.0. The molecule has 3 aromatic rings. The van der Waals surface area contributed by atoms with Gasteiger partial charge in [-0.05, 0) is 35.9 Å². The second-order valence-corrected chi connectivity index (χ2v) is 6.82. The fraction of sp³-hybridized carbons (Fsp3) is 0.190. The minimum Gasteiger partial charge on any atom is -0.491 e. The van der Waals surface area contributed by atoms with Crippen molar-refractivity contribution in [2.45, 2.75) is 18.1 Å². The number of carbonyl (C=O) groups is 1. The van der Waals surface area contributed by atoms with Crippen LogP contribution < -0.4 is 15.6 Å². The van der Waals surface area contributed by atoms with Crippen molar-refractivity contribution < 1.29 is 22.7 Å². The molecule has 1 atom stereocenters. The van der Waals surface area contributed by atoms with Crippen molar-refractivity contribution in [2.75, 3.05) is 6.61 Å². The molecule has 0 spiro atoms. The van der Waals surface area contributed by atoms with E-state index in [4.69, 9.17) is 4.74 Å². The van der Waals surface area contributed by atoms with E-state index >= 15 is 0 Å². The van der Waals surface area contributed by atoms with E-state index in [-0.39, 0.29) is 24.2 Å². The summed E-state index contributed by atoms with van der Waals surface area (Å²) in [6.45, 7) is 0.228. The van der Waals surface area contributed by atoms with E-state index < -0.39 is 23.2 Å². The van der Waals surface area contributed by atoms with Gasteiger partial charge in [-0.25, -0.2) is 0 Å². The van der Waals surface area contributed by atoms with E-state index in [0.29, 0.717) is 17.0 Å². The Hall–Kier alpha value is -3.62. The van der Waals surface area contributed by atoms with Crippen LogP contribution in [0, 0.1) is 0 Å². The first-order valence-electron chi connectivity index (χ1n) is 9.07. The minimum atomic E-state index is -4.48. The molecule has 1 aliphatic rings. The summed E-state index contributed by atoms with van der Waals surface area (Å²) >= 11 is 0. The summed E-state index contributed by atoms with van der Waals surface area (Å²) in [6, 6.07) is 10.6. The lowest BCUT2D eigenvalue weighted by Gasteiger charge is -2.39. The predicted octanol–water partition coefficient (Wildman–Crippen LogP) is 3.24. The molecule has 2 aromatic heterocycles. The van der Waals surface area contributed by atoms with Gasteiger partial charge in [0.15, 0.2) is 0 Å². The standard InChI is InChI=1S/C21H16F3N3O3/c22-21(23,24)15-6-4-14(5-7-15)20(9-11-30-16-2-1-10-25-18(16)20)27-19(29)13-3-8-17(28)26-12-13/h1-8,10,12H,9,11H2,(H,26,28)(H,27,29). The number of benzene rings is 1. The molecule has 3 heterocycles. The van der Waals surface area contributed by atoms with Crippen molar-refractivity contribution in [3.05, 3.63) is 93.7 Å². The van der Waals surface area contributed by atoms with Crippen LogP contribution in [0.4, 0.5) is 13.2 Å². The maximum Gasteiger partial charge on any atom is 0.416 e. The highest BCUT2D eigenvalue weighted by molar-refractivity contribution is 5.94. The zero-order valence-electron chi connectivity index (χ0n) is 15.5. The molecule has 0 bridgehead atoms. The highest BCUT2D eigenvalue weighted by Crippen LogP contribution is 2.41. The number of carbonyl (C=O) groups excluding carboxylic acids is 1. The fourth-order valence-electron chi connectivity index (χ4n) is 3.50. The van der Waals surface area contributed by atoms with Crippen molar-refractivity contribution >= 4 is 5.91 Å². The lowest BCUT2D eigenvalue weighted by molar-refractivity contribution is -0.137. The SMILES string of the molecule is O=C(NC1(c2ccc(C(F)(F)F)cc2)CCOc2cccnc21)c1ccc(=O)[nH]c1. The molecule has 4 rings (SSSR count). The first kappa shape index (κ1) is 19.7. The van der Waals surface area contributed by atoms with E-state index in [9.17, 15) is 22.8 Å². The minimum absolute atomic E-state index is 0.199. The largest absolute Gasteiger partial charge is 0.491 e. The van der Waals surface area contributed by atoms with Crippen LogP contribution in [-0.2, 0) is 11.7 Å². The number of amides is 1. The summed E-state index contributed by atoms with van der Waals surface area (Å²) < 4.78 is 44.7. The number of nitrogens with one attached hydrogen (secondary N) is 2. The van der Waals surface area contributed by atoms with Gasteiger partial charge in [0.2, 0.25) is 5.56 Å². The Bertz CT molecular complexity index is 1120. The highest BCUT2D eigenvalue weighted by atomic mass is 19.4. The Labute approximate surface area is 168 Å². The summed E-state index contributed by atoms with van der Waals surface area (Å²) in [5.74, 6) is -0.0740. The van der Waals surface area contributed by atoms with Crippen LogP contribution >= 0.6 is 0 Å². The van der Waals surface area contributed by atoms with E-state index in [2.05, 4.69) is 15.3 Å². The van der Waals surface area contributed by atoms with Crippen molar-refractivity contribution in [1.29, 1.82) is 0 Å². The Morgan fingerprint density at radius 3 is 2.57 bits per heavy atom. The third-order valence-electron chi connectivity index (χ3n) is 4.99. The molecule has 0 fully saturated rings. The second-order valence-electron chi connectivity index (χ2n) is 6.82. The third-order valence-corrected chi connectivity index (χ3v) is 4.99. The number of aromatic amines is 1. The first-order valence-corrected chi connectivity index (χ1v) is 9.07. The number of pyridine rings is 2. The first-order chi connectivity index (χ1) is 14.3. The van der Waals surface area contributed by atoms with Crippen molar-refractivity contribution in [3.63, 3.8) is 0 Å². The van der Waals surface area contributed by atoms with Gasteiger partial charge in [0.1, 0.15) is 17.0 Å². The second kappa shape index (κ2) is 7.33. The van der Waals surface area contributed by atoms with Crippen LogP contribution in [0.2, 0.25) is 0 Å². The van der Waals surface area contributed by atoms with Crippen LogP contribution in [0.5, 0.6) is 5.75 Å². The Morgan fingerprint density at radius 1 is 1.13 bits per heavy atom. The molecule has 0 saturated heterocycles. The molecule has 30 heavy (non-hydrogen) atoms. The van der Waals surface area contributed by atoms with Gasteiger partial charge < -0.3 is 15.0 Å². The summed E-state index contributed by atoms with van der Waals surface area (Å²) in [5, 5.41) is 2.91. The van der Waals surface area contributed by atoms with Crippen LogP contribution in [0.1, 0.15) is 33.6 Å². The number of hydrogen-bond donors (Lipinski definition) is 2. The van der Waals surface area contributed by atoms with Crippen LogP contribution in [-0.4, -0.2) is 22.5 Å². The molecule has 6 nitrogen and oxygen atoms in total. The molecule has 1 aliphatic heterocycles. The van der Waals surface area contributed by atoms with E-state index in [1.165, 1.54) is 36.7 Å². The third kappa shape index (κ3) is 3.54. The molecule has 9 heteroatoms. The number of rotatable bonds is 3. The molecule has 1 amide bonds. The van der Waals surface area contributed by atoms with Gasteiger partial charge in [0.05, 0.1) is 17.7 Å². The average Bonchev–Trinajstić information content (AvgIpc) is 2.74. The smallest absolute Gasteiger partial charge is 0.416 e. The summed E-state index contributed by atoms with van der Waals surface area (Å²) in [4.78, 5) is 31.0. The van der Waals surface area contributed by atoms with Crippen molar-refractivity contribution in [2.24, 2.45) is 0 Å². The number of aromatic nitrogens is 2. The number of nitrogens with zero attached hydrogens (tertiary/aromatic N) is 1. The zero-order valence-corrected chi connectivity index (χ0v) is 15.5.